The highest BCUT2D eigenvalue weighted by atomic mass is 79.9. The predicted octanol–water partition coefficient (Wildman–Crippen LogP) is 5.54. The standard InChI is InChI=1S/C26H25BrN2O3S/c1-25(2,3)32-23(30)21-20(15-8-6-9-16(27)14-15)26(22(29-21)19-12-7-13-33-19)17-10-4-5-11-18(17)28-24(26)31/h4-14,20-22,29H,1-3H3,(H,28,31)/t20-,21+,22-,26-/m1/s1. The molecular weight excluding hydrogens is 500 g/mol. The number of halogens is 1. The number of para-hydroxylation sites is 1. The maximum Gasteiger partial charge on any atom is 0.324 e. The average Bonchev–Trinajstić information content (AvgIpc) is 3.45. The Bertz CT molecular complexity index is 1220. The Morgan fingerprint density at radius 1 is 1.09 bits per heavy atom. The highest BCUT2D eigenvalue weighted by molar-refractivity contribution is 9.10. The maximum absolute atomic E-state index is 14.0. The Balaban J connectivity index is 1.77. The van der Waals surface area contributed by atoms with Crippen LogP contribution in [0.25, 0.3) is 0 Å². The highest BCUT2D eigenvalue weighted by Gasteiger charge is 2.66. The third-order valence-corrected chi connectivity index (χ3v) is 7.75. The quantitative estimate of drug-likeness (QED) is 0.441. The van der Waals surface area contributed by atoms with E-state index in [1.54, 1.807) is 11.3 Å². The molecule has 0 saturated carbocycles. The molecular formula is C26H25BrN2O3S. The molecule has 170 valence electrons. The zero-order valence-electron chi connectivity index (χ0n) is 18.6. The second-order valence-electron chi connectivity index (χ2n) is 9.53. The van der Waals surface area contributed by atoms with E-state index in [2.05, 4.69) is 26.6 Å². The van der Waals surface area contributed by atoms with Gasteiger partial charge in [-0.2, -0.15) is 0 Å². The van der Waals surface area contributed by atoms with Gasteiger partial charge in [0.25, 0.3) is 0 Å². The third-order valence-electron chi connectivity index (χ3n) is 6.32. The van der Waals surface area contributed by atoms with Crippen LogP contribution in [0, 0.1) is 0 Å². The number of hydrogen-bond donors (Lipinski definition) is 2. The fraction of sp³-hybridized carbons (Fsp3) is 0.308. The molecule has 7 heteroatoms. The molecule has 2 aromatic carbocycles. The molecule has 3 aromatic rings. The number of rotatable bonds is 3. The molecule has 2 aliphatic heterocycles. The maximum atomic E-state index is 14.0. The van der Waals surface area contributed by atoms with Gasteiger partial charge in [-0.1, -0.05) is 52.3 Å². The van der Waals surface area contributed by atoms with Crippen molar-refractivity contribution in [2.75, 3.05) is 5.32 Å². The zero-order chi connectivity index (χ0) is 23.4. The van der Waals surface area contributed by atoms with Crippen LogP contribution in [0.4, 0.5) is 5.69 Å². The van der Waals surface area contributed by atoms with Crippen LogP contribution in [-0.2, 0) is 19.7 Å². The van der Waals surface area contributed by atoms with Crippen molar-refractivity contribution >= 4 is 44.8 Å². The number of nitrogens with one attached hydrogen (secondary N) is 2. The number of amides is 1. The lowest BCUT2D eigenvalue weighted by Crippen LogP contribution is -2.44. The molecule has 2 aliphatic rings. The SMILES string of the molecule is CC(C)(C)OC(=O)[C@H]1N[C@H](c2cccs2)[C@]2(C(=O)Nc3ccccc32)[C@@H]1c1cccc(Br)c1. The summed E-state index contributed by atoms with van der Waals surface area (Å²) in [7, 11) is 0. The number of carbonyl (C=O) groups excluding carboxylic acids is 2. The van der Waals surface area contributed by atoms with Gasteiger partial charge in [-0.3, -0.25) is 14.9 Å². The molecule has 1 fully saturated rings. The number of esters is 1. The number of hydrogen-bond acceptors (Lipinski definition) is 5. The summed E-state index contributed by atoms with van der Waals surface area (Å²) in [5, 5.41) is 8.65. The Morgan fingerprint density at radius 3 is 2.58 bits per heavy atom. The Hall–Kier alpha value is -2.48. The molecule has 33 heavy (non-hydrogen) atoms. The molecule has 1 amide bonds. The Kier molecular flexibility index (Phi) is 5.46. The van der Waals surface area contributed by atoms with Gasteiger partial charge >= 0.3 is 5.97 Å². The van der Waals surface area contributed by atoms with Crippen molar-refractivity contribution in [3.05, 3.63) is 86.5 Å². The van der Waals surface area contributed by atoms with Gasteiger partial charge in [-0.05, 0) is 61.5 Å². The molecule has 3 heterocycles. The van der Waals surface area contributed by atoms with Gasteiger partial charge in [0.1, 0.15) is 17.1 Å². The van der Waals surface area contributed by atoms with E-state index in [1.807, 2.05) is 86.8 Å². The monoisotopic (exact) mass is 524 g/mol. The lowest BCUT2D eigenvalue weighted by molar-refractivity contribution is -0.157. The van der Waals surface area contributed by atoms with E-state index in [-0.39, 0.29) is 17.9 Å². The second-order valence-corrected chi connectivity index (χ2v) is 11.4. The van der Waals surface area contributed by atoms with E-state index < -0.39 is 23.0 Å². The molecule has 0 aliphatic carbocycles. The predicted molar refractivity (Wildman–Crippen MR) is 133 cm³/mol. The van der Waals surface area contributed by atoms with Gasteiger partial charge in [0.2, 0.25) is 5.91 Å². The fourth-order valence-corrected chi connectivity index (χ4v) is 6.51. The van der Waals surface area contributed by atoms with Crippen LogP contribution >= 0.6 is 27.3 Å². The third kappa shape index (κ3) is 3.63. The van der Waals surface area contributed by atoms with E-state index in [0.29, 0.717) is 0 Å². The van der Waals surface area contributed by atoms with Crippen LogP contribution in [0.15, 0.2) is 70.5 Å². The summed E-state index contributed by atoms with van der Waals surface area (Å²) in [5.41, 5.74) is 0.931. The number of benzene rings is 2. The highest BCUT2D eigenvalue weighted by Crippen LogP contribution is 2.60. The first-order valence-corrected chi connectivity index (χ1v) is 12.6. The molecule has 1 saturated heterocycles. The largest absolute Gasteiger partial charge is 0.459 e. The summed E-state index contributed by atoms with van der Waals surface area (Å²) in [6.45, 7) is 5.58. The van der Waals surface area contributed by atoms with E-state index in [9.17, 15) is 9.59 Å². The van der Waals surface area contributed by atoms with Crippen LogP contribution < -0.4 is 10.6 Å². The smallest absolute Gasteiger partial charge is 0.324 e. The van der Waals surface area contributed by atoms with Crippen LogP contribution in [-0.4, -0.2) is 23.5 Å². The van der Waals surface area contributed by atoms with E-state index >= 15 is 0 Å². The van der Waals surface area contributed by atoms with Crippen molar-refractivity contribution in [1.29, 1.82) is 0 Å². The lowest BCUT2D eigenvalue weighted by atomic mass is 9.64. The van der Waals surface area contributed by atoms with E-state index in [4.69, 9.17) is 4.74 Å². The molecule has 1 aromatic heterocycles. The van der Waals surface area contributed by atoms with Crippen molar-refractivity contribution in [3.8, 4) is 0 Å². The van der Waals surface area contributed by atoms with Gasteiger partial charge in [0, 0.05) is 21.0 Å². The summed E-state index contributed by atoms with van der Waals surface area (Å²) in [6, 6.07) is 18.6. The summed E-state index contributed by atoms with van der Waals surface area (Å²) in [6.07, 6.45) is 0. The number of fused-ring (bicyclic) bond motifs is 2. The Morgan fingerprint density at radius 2 is 1.88 bits per heavy atom. The number of anilines is 1. The minimum atomic E-state index is -1.01. The first kappa shape index (κ1) is 22.3. The summed E-state index contributed by atoms with van der Waals surface area (Å²) in [4.78, 5) is 28.6. The lowest BCUT2D eigenvalue weighted by Gasteiger charge is -2.35. The minimum absolute atomic E-state index is 0.106. The molecule has 1 spiro atoms. The summed E-state index contributed by atoms with van der Waals surface area (Å²) in [5.74, 6) is -0.936. The van der Waals surface area contributed by atoms with Crippen molar-refractivity contribution in [2.24, 2.45) is 0 Å². The van der Waals surface area contributed by atoms with Crippen molar-refractivity contribution in [3.63, 3.8) is 0 Å². The normalized spacial score (nSPS) is 26.3. The van der Waals surface area contributed by atoms with Crippen LogP contribution in [0.5, 0.6) is 0 Å². The first-order valence-electron chi connectivity index (χ1n) is 10.9. The first-order chi connectivity index (χ1) is 15.7. The topological polar surface area (TPSA) is 67.4 Å². The average molecular weight is 525 g/mol. The van der Waals surface area contributed by atoms with Crippen molar-refractivity contribution in [2.45, 2.75) is 49.8 Å². The number of thiophene rings is 1. The van der Waals surface area contributed by atoms with Crippen LogP contribution in [0.1, 0.15) is 48.7 Å². The summed E-state index contributed by atoms with van der Waals surface area (Å²) < 4.78 is 6.75. The van der Waals surface area contributed by atoms with Crippen LogP contribution in [0.2, 0.25) is 0 Å². The van der Waals surface area contributed by atoms with Gasteiger partial charge < -0.3 is 10.1 Å². The minimum Gasteiger partial charge on any atom is -0.459 e. The van der Waals surface area contributed by atoms with Crippen molar-refractivity contribution in [1.82, 2.24) is 5.32 Å². The zero-order valence-corrected chi connectivity index (χ0v) is 21.0. The van der Waals surface area contributed by atoms with E-state index in [0.717, 1.165) is 26.2 Å². The summed E-state index contributed by atoms with van der Waals surface area (Å²) >= 11 is 5.16. The van der Waals surface area contributed by atoms with Gasteiger partial charge in [-0.15, -0.1) is 11.3 Å². The number of ether oxygens (including phenoxy) is 1. The molecule has 5 nitrogen and oxygen atoms in total. The van der Waals surface area contributed by atoms with Crippen LogP contribution in [0.3, 0.4) is 0 Å². The van der Waals surface area contributed by atoms with Gasteiger partial charge in [0.15, 0.2) is 0 Å². The second kappa shape index (κ2) is 8.08. The van der Waals surface area contributed by atoms with Crippen molar-refractivity contribution < 1.29 is 14.3 Å². The fourth-order valence-electron chi connectivity index (χ4n) is 5.23. The molecule has 2 N–H and O–H groups in total. The molecule has 0 bridgehead atoms. The Labute approximate surface area is 205 Å². The van der Waals surface area contributed by atoms with E-state index in [1.165, 1.54) is 0 Å². The molecule has 5 rings (SSSR count). The van der Waals surface area contributed by atoms with Gasteiger partial charge in [0.05, 0.1) is 6.04 Å². The molecule has 0 radical (unpaired) electrons. The van der Waals surface area contributed by atoms with Gasteiger partial charge in [-0.25, -0.2) is 0 Å². The molecule has 4 atom stereocenters. The molecule has 0 unspecified atom stereocenters. The number of carbonyl (C=O) groups is 2.